The van der Waals surface area contributed by atoms with Gasteiger partial charge in [-0.1, -0.05) is 62.4 Å². The molecule has 2 aliphatic rings. The Morgan fingerprint density at radius 2 is 1.63 bits per heavy atom. The molecule has 4 rings (SSSR count). The number of benzene rings is 2. The molecular formula is C27H32N2O6. The molecule has 0 radical (unpaired) electrons. The van der Waals surface area contributed by atoms with Gasteiger partial charge in [0.15, 0.2) is 0 Å². The highest BCUT2D eigenvalue weighted by Gasteiger charge is 2.44. The predicted molar refractivity (Wildman–Crippen MR) is 130 cm³/mol. The number of nitrogens with zero attached hydrogens (tertiary/aromatic N) is 1. The van der Waals surface area contributed by atoms with Gasteiger partial charge in [-0.05, 0) is 41.5 Å². The van der Waals surface area contributed by atoms with Crippen molar-refractivity contribution in [3.63, 3.8) is 0 Å². The van der Waals surface area contributed by atoms with E-state index in [1.807, 2.05) is 38.1 Å². The van der Waals surface area contributed by atoms with Gasteiger partial charge in [0.25, 0.3) is 0 Å². The summed E-state index contributed by atoms with van der Waals surface area (Å²) in [5.74, 6) is -1.15. The van der Waals surface area contributed by atoms with Gasteiger partial charge in [-0.3, -0.25) is 4.79 Å². The van der Waals surface area contributed by atoms with Crippen molar-refractivity contribution in [1.29, 1.82) is 0 Å². The van der Waals surface area contributed by atoms with E-state index in [-0.39, 0.29) is 37.4 Å². The molecule has 2 amide bonds. The van der Waals surface area contributed by atoms with Crippen LogP contribution < -0.4 is 5.32 Å². The van der Waals surface area contributed by atoms with Crippen molar-refractivity contribution < 1.29 is 29.0 Å². The van der Waals surface area contributed by atoms with Crippen LogP contribution in [0, 0.1) is 5.92 Å². The van der Waals surface area contributed by atoms with E-state index in [1.165, 1.54) is 0 Å². The lowest BCUT2D eigenvalue weighted by Gasteiger charge is -2.48. The van der Waals surface area contributed by atoms with Crippen LogP contribution in [0.15, 0.2) is 48.5 Å². The van der Waals surface area contributed by atoms with Gasteiger partial charge in [-0.25, -0.2) is 9.59 Å². The molecule has 8 heteroatoms. The second kappa shape index (κ2) is 10.1. The van der Waals surface area contributed by atoms with E-state index in [0.29, 0.717) is 6.42 Å². The van der Waals surface area contributed by atoms with Crippen LogP contribution in [0.1, 0.15) is 44.2 Å². The molecule has 1 aliphatic carbocycles. The molecule has 0 aromatic heterocycles. The number of hydrogen-bond acceptors (Lipinski definition) is 5. The van der Waals surface area contributed by atoms with Gasteiger partial charge in [-0.15, -0.1) is 0 Å². The zero-order chi connectivity index (χ0) is 25.2. The van der Waals surface area contributed by atoms with Gasteiger partial charge < -0.3 is 24.8 Å². The van der Waals surface area contributed by atoms with Crippen LogP contribution in [0.4, 0.5) is 4.79 Å². The van der Waals surface area contributed by atoms with Crippen molar-refractivity contribution in [2.75, 3.05) is 26.3 Å². The molecule has 8 nitrogen and oxygen atoms in total. The first kappa shape index (κ1) is 24.7. The number of nitrogens with one attached hydrogen (secondary N) is 1. The number of likely N-dealkylation sites (tertiary alicyclic amines) is 1. The van der Waals surface area contributed by atoms with Crippen molar-refractivity contribution in [2.45, 2.75) is 44.8 Å². The summed E-state index contributed by atoms with van der Waals surface area (Å²) in [5.41, 5.74) is 3.85. The SMILES string of the molecule is CC(C)C[C@@H](NC(=O)OCC1c2ccccc2-c2ccccc21)C(=O)N1CC(C)(OCC(=O)O)C1. The molecule has 186 valence electrons. The topological polar surface area (TPSA) is 105 Å². The average Bonchev–Trinajstić information content (AvgIpc) is 3.12. The molecule has 35 heavy (non-hydrogen) atoms. The molecular weight excluding hydrogens is 448 g/mol. The second-order valence-corrected chi connectivity index (χ2v) is 9.98. The smallest absolute Gasteiger partial charge is 0.407 e. The van der Waals surface area contributed by atoms with Crippen molar-refractivity contribution in [2.24, 2.45) is 5.92 Å². The first-order valence-corrected chi connectivity index (χ1v) is 11.9. The van der Waals surface area contributed by atoms with E-state index in [2.05, 4.69) is 29.6 Å². The molecule has 0 saturated carbocycles. The highest BCUT2D eigenvalue weighted by atomic mass is 16.5. The number of amides is 2. The predicted octanol–water partition coefficient (Wildman–Crippen LogP) is 3.64. The number of fused-ring (bicyclic) bond motifs is 3. The molecule has 1 aliphatic heterocycles. The van der Waals surface area contributed by atoms with Crippen molar-refractivity contribution >= 4 is 18.0 Å². The maximum atomic E-state index is 13.1. The van der Waals surface area contributed by atoms with Gasteiger partial charge in [0.1, 0.15) is 24.9 Å². The maximum Gasteiger partial charge on any atom is 0.407 e. The Hall–Kier alpha value is -3.39. The van der Waals surface area contributed by atoms with Crippen molar-refractivity contribution in [3.05, 3.63) is 59.7 Å². The summed E-state index contributed by atoms with van der Waals surface area (Å²) in [6.45, 7) is 6.06. The zero-order valence-electron chi connectivity index (χ0n) is 20.3. The summed E-state index contributed by atoms with van der Waals surface area (Å²) in [7, 11) is 0. The number of carboxylic acids is 1. The van der Waals surface area contributed by atoms with Crippen LogP contribution in [0.25, 0.3) is 11.1 Å². The number of carbonyl (C=O) groups is 3. The fourth-order valence-electron chi connectivity index (χ4n) is 4.94. The quantitative estimate of drug-likeness (QED) is 0.568. The third-order valence-electron chi connectivity index (χ3n) is 6.55. The van der Waals surface area contributed by atoms with E-state index in [4.69, 9.17) is 14.6 Å². The standard InChI is InChI=1S/C27H32N2O6/c1-17(2)12-23(25(32)29-15-27(3,16-29)35-14-24(30)31)28-26(33)34-13-22-20-10-6-4-8-18(20)19-9-5-7-11-21(19)22/h4-11,17,22-23H,12-16H2,1-3H3,(H,28,33)(H,30,31)/t23-/m1/s1. The minimum absolute atomic E-state index is 0.0603. The molecule has 0 bridgehead atoms. The number of rotatable bonds is 9. The molecule has 1 atom stereocenters. The molecule has 1 fully saturated rings. The largest absolute Gasteiger partial charge is 0.480 e. The van der Waals surface area contributed by atoms with E-state index in [0.717, 1.165) is 22.3 Å². The lowest BCUT2D eigenvalue weighted by atomic mass is 9.93. The Balaban J connectivity index is 1.37. The molecule has 0 spiro atoms. The summed E-state index contributed by atoms with van der Waals surface area (Å²) in [6, 6.07) is 15.5. The van der Waals surface area contributed by atoms with Gasteiger partial charge in [-0.2, -0.15) is 0 Å². The summed E-state index contributed by atoms with van der Waals surface area (Å²) >= 11 is 0. The highest BCUT2D eigenvalue weighted by molar-refractivity contribution is 5.86. The Morgan fingerprint density at radius 3 is 2.17 bits per heavy atom. The van der Waals surface area contributed by atoms with Crippen LogP contribution in [-0.4, -0.2) is 65.9 Å². The second-order valence-electron chi connectivity index (χ2n) is 9.98. The Kier molecular flexibility index (Phi) is 7.12. The lowest BCUT2D eigenvalue weighted by molar-refractivity contribution is -0.174. The normalized spacial score (nSPS) is 16.7. The Labute approximate surface area is 205 Å². The summed E-state index contributed by atoms with van der Waals surface area (Å²) in [5, 5.41) is 11.6. The number of hydrogen-bond donors (Lipinski definition) is 2. The van der Waals surface area contributed by atoms with Crippen LogP contribution >= 0.6 is 0 Å². The van der Waals surface area contributed by atoms with Crippen molar-refractivity contribution in [3.8, 4) is 11.1 Å². The Morgan fingerprint density at radius 1 is 1.06 bits per heavy atom. The number of aliphatic carboxylic acids is 1. The summed E-state index contributed by atoms with van der Waals surface area (Å²) in [6.07, 6.45) is -0.164. The van der Waals surface area contributed by atoms with Crippen LogP contribution in [0.2, 0.25) is 0 Å². The third-order valence-corrected chi connectivity index (χ3v) is 6.55. The first-order chi connectivity index (χ1) is 16.7. The molecule has 1 saturated heterocycles. The number of ether oxygens (including phenoxy) is 2. The highest BCUT2D eigenvalue weighted by Crippen LogP contribution is 2.44. The number of carboxylic acid groups (broad SMARTS) is 1. The van der Waals surface area contributed by atoms with Gasteiger partial charge in [0.05, 0.1) is 13.1 Å². The first-order valence-electron chi connectivity index (χ1n) is 11.9. The molecule has 0 unspecified atom stereocenters. The molecule has 1 heterocycles. The third kappa shape index (κ3) is 5.48. The maximum absolute atomic E-state index is 13.1. The fourth-order valence-corrected chi connectivity index (χ4v) is 4.94. The zero-order valence-corrected chi connectivity index (χ0v) is 20.3. The van der Waals surface area contributed by atoms with E-state index in [1.54, 1.807) is 11.8 Å². The lowest BCUT2D eigenvalue weighted by Crippen LogP contribution is -2.66. The van der Waals surface area contributed by atoms with Crippen LogP contribution in [0.3, 0.4) is 0 Å². The van der Waals surface area contributed by atoms with Crippen LogP contribution in [0.5, 0.6) is 0 Å². The van der Waals surface area contributed by atoms with Gasteiger partial charge in [0, 0.05) is 5.92 Å². The van der Waals surface area contributed by atoms with E-state index >= 15 is 0 Å². The summed E-state index contributed by atoms with van der Waals surface area (Å²) in [4.78, 5) is 38.2. The van der Waals surface area contributed by atoms with Gasteiger partial charge >= 0.3 is 12.1 Å². The summed E-state index contributed by atoms with van der Waals surface area (Å²) < 4.78 is 11.0. The molecule has 2 aromatic carbocycles. The minimum atomic E-state index is -1.05. The average molecular weight is 481 g/mol. The van der Waals surface area contributed by atoms with E-state index in [9.17, 15) is 14.4 Å². The van der Waals surface area contributed by atoms with Crippen LogP contribution in [-0.2, 0) is 19.1 Å². The minimum Gasteiger partial charge on any atom is -0.480 e. The molecule has 2 N–H and O–H groups in total. The Bertz CT molecular complexity index is 1060. The van der Waals surface area contributed by atoms with Crippen molar-refractivity contribution in [1.82, 2.24) is 10.2 Å². The fraction of sp³-hybridized carbons (Fsp3) is 0.444. The molecule has 2 aromatic rings. The number of carbonyl (C=O) groups excluding carboxylic acids is 2. The number of alkyl carbamates (subject to hydrolysis) is 1. The van der Waals surface area contributed by atoms with Gasteiger partial charge in [0.2, 0.25) is 5.91 Å². The van der Waals surface area contributed by atoms with E-state index < -0.39 is 30.3 Å². The monoisotopic (exact) mass is 480 g/mol.